The number of carbonyl (C=O) groups excluding carboxylic acids is 2. The Bertz CT molecular complexity index is 1110. The Labute approximate surface area is 162 Å². The molecule has 7 nitrogen and oxygen atoms in total. The fraction of sp³-hybridized carbons (Fsp3) is 0.286. The second-order valence-electron chi connectivity index (χ2n) is 7.18. The van der Waals surface area contributed by atoms with Crippen LogP contribution < -0.4 is 11.0 Å². The van der Waals surface area contributed by atoms with E-state index in [9.17, 15) is 14.4 Å². The van der Waals surface area contributed by atoms with Gasteiger partial charge in [-0.1, -0.05) is 30.3 Å². The number of likely N-dealkylation sites (tertiary alicyclic amines) is 1. The third kappa shape index (κ3) is 3.09. The summed E-state index contributed by atoms with van der Waals surface area (Å²) in [4.78, 5) is 39.1. The summed E-state index contributed by atoms with van der Waals surface area (Å²) < 4.78 is 3.09. The molecule has 1 aliphatic rings. The molecule has 7 heteroatoms. The lowest BCUT2D eigenvalue weighted by Crippen LogP contribution is -2.32. The summed E-state index contributed by atoms with van der Waals surface area (Å²) in [7, 11) is 3.40. The minimum atomic E-state index is -0.681. The Morgan fingerprint density at radius 3 is 2.50 bits per heavy atom. The summed E-state index contributed by atoms with van der Waals surface area (Å²) in [6.45, 7) is 1.08. The summed E-state index contributed by atoms with van der Waals surface area (Å²) in [6, 6.07) is 15.1. The molecule has 2 heterocycles. The SMILES string of the molecule is Cn1c(=O)n(C)c2cc(NC(=O)C3CCN(Cc4ccccc4)C3=O)ccc21. The number of rotatable bonds is 4. The first-order valence-electron chi connectivity index (χ1n) is 9.25. The highest BCUT2D eigenvalue weighted by Crippen LogP contribution is 2.23. The smallest absolute Gasteiger partial charge is 0.328 e. The van der Waals surface area contributed by atoms with E-state index in [0.717, 1.165) is 16.6 Å². The van der Waals surface area contributed by atoms with E-state index < -0.39 is 5.92 Å². The standard InChI is InChI=1S/C21H22N4O3/c1-23-17-9-8-15(12-18(17)24(2)21(23)28)22-19(26)16-10-11-25(20(16)27)13-14-6-4-3-5-7-14/h3-9,12,16H,10-11,13H2,1-2H3,(H,22,26). The molecular formula is C21H22N4O3. The molecule has 1 aromatic heterocycles. The van der Waals surface area contributed by atoms with Gasteiger partial charge in [-0.25, -0.2) is 4.79 Å². The summed E-state index contributed by atoms with van der Waals surface area (Å²) in [5.74, 6) is -1.13. The van der Waals surface area contributed by atoms with Crippen molar-refractivity contribution in [3.8, 4) is 0 Å². The molecule has 0 aliphatic carbocycles. The van der Waals surface area contributed by atoms with Crippen molar-refractivity contribution in [2.45, 2.75) is 13.0 Å². The van der Waals surface area contributed by atoms with Crippen LogP contribution in [0.2, 0.25) is 0 Å². The minimum absolute atomic E-state index is 0.124. The van der Waals surface area contributed by atoms with Crippen molar-refractivity contribution in [1.82, 2.24) is 14.0 Å². The van der Waals surface area contributed by atoms with Crippen LogP contribution in [0.4, 0.5) is 5.69 Å². The maximum Gasteiger partial charge on any atom is 0.328 e. The molecule has 0 bridgehead atoms. The molecule has 4 rings (SSSR count). The van der Waals surface area contributed by atoms with Crippen LogP contribution in [-0.4, -0.2) is 32.4 Å². The summed E-state index contributed by atoms with van der Waals surface area (Å²) in [5.41, 5.74) is 3.02. The highest BCUT2D eigenvalue weighted by atomic mass is 16.2. The Morgan fingerprint density at radius 2 is 1.75 bits per heavy atom. The van der Waals surface area contributed by atoms with Crippen LogP contribution in [0.15, 0.2) is 53.3 Å². The van der Waals surface area contributed by atoms with Crippen molar-refractivity contribution in [1.29, 1.82) is 0 Å². The maximum absolute atomic E-state index is 12.7. The van der Waals surface area contributed by atoms with Gasteiger partial charge in [0.25, 0.3) is 0 Å². The normalized spacial score (nSPS) is 16.7. The number of aromatic nitrogens is 2. The van der Waals surface area contributed by atoms with E-state index >= 15 is 0 Å². The second kappa shape index (κ2) is 6.99. The van der Waals surface area contributed by atoms with Crippen molar-refractivity contribution in [2.75, 3.05) is 11.9 Å². The zero-order valence-corrected chi connectivity index (χ0v) is 15.9. The topological polar surface area (TPSA) is 76.3 Å². The lowest BCUT2D eigenvalue weighted by Gasteiger charge is -2.16. The summed E-state index contributed by atoms with van der Waals surface area (Å²) >= 11 is 0. The largest absolute Gasteiger partial charge is 0.338 e. The quantitative estimate of drug-likeness (QED) is 0.704. The monoisotopic (exact) mass is 378 g/mol. The number of hydrogen-bond donors (Lipinski definition) is 1. The lowest BCUT2D eigenvalue weighted by atomic mass is 10.1. The van der Waals surface area contributed by atoms with Crippen molar-refractivity contribution in [2.24, 2.45) is 20.0 Å². The number of anilines is 1. The number of amides is 2. The number of hydrogen-bond acceptors (Lipinski definition) is 3. The van der Waals surface area contributed by atoms with E-state index in [-0.39, 0.29) is 17.5 Å². The van der Waals surface area contributed by atoms with Crippen LogP contribution in [0.1, 0.15) is 12.0 Å². The van der Waals surface area contributed by atoms with E-state index in [1.807, 2.05) is 30.3 Å². The molecular weight excluding hydrogens is 356 g/mol. The van der Waals surface area contributed by atoms with Gasteiger partial charge in [0.15, 0.2) is 0 Å². The first-order chi connectivity index (χ1) is 13.5. The second-order valence-corrected chi connectivity index (χ2v) is 7.18. The van der Waals surface area contributed by atoms with Crippen molar-refractivity contribution < 1.29 is 9.59 Å². The zero-order chi connectivity index (χ0) is 19.8. The van der Waals surface area contributed by atoms with Crippen LogP contribution in [0, 0.1) is 5.92 Å². The Kier molecular flexibility index (Phi) is 4.50. The third-order valence-corrected chi connectivity index (χ3v) is 5.37. The molecule has 1 unspecified atom stereocenters. The first-order valence-corrected chi connectivity index (χ1v) is 9.25. The Morgan fingerprint density at radius 1 is 1.04 bits per heavy atom. The van der Waals surface area contributed by atoms with Crippen LogP contribution in [0.3, 0.4) is 0 Å². The lowest BCUT2D eigenvalue weighted by molar-refractivity contribution is -0.136. The summed E-state index contributed by atoms with van der Waals surface area (Å²) in [6.07, 6.45) is 0.504. The van der Waals surface area contributed by atoms with Gasteiger partial charge in [-0.2, -0.15) is 0 Å². The van der Waals surface area contributed by atoms with Crippen molar-refractivity contribution in [3.05, 3.63) is 64.6 Å². The first kappa shape index (κ1) is 18.0. The fourth-order valence-electron chi connectivity index (χ4n) is 3.76. The number of nitrogens with one attached hydrogen (secondary N) is 1. The van der Waals surface area contributed by atoms with Crippen LogP contribution in [0.25, 0.3) is 11.0 Å². The predicted octanol–water partition coefficient (Wildman–Crippen LogP) is 1.86. The number of imidazole rings is 1. The minimum Gasteiger partial charge on any atom is -0.338 e. The molecule has 3 aromatic rings. The number of aryl methyl sites for hydroxylation is 2. The fourth-order valence-corrected chi connectivity index (χ4v) is 3.76. The summed E-state index contributed by atoms with van der Waals surface area (Å²) in [5, 5.41) is 2.84. The highest BCUT2D eigenvalue weighted by molar-refractivity contribution is 6.07. The van der Waals surface area contributed by atoms with Crippen LogP contribution >= 0.6 is 0 Å². The van der Waals surface area contributed by atoms with E-state index in [1.54, 1.807) is 41.8 Å². The van der Waals surface area contributed by atoms with E-state index in [1.165, 1.54) is 4.57 Å². The molecule has 1 atom stereocenters. The van der Waals surface area contributed by atoms with E-state index in [2.05, 4.69) is 5.32 Å². The molecule has 144 valence electrons. The van der Waals surface area contributed by atoms with Gasteiger partial charge in [0.05, 0.1) is 11.0 Å². The van der Waals surface area contributed by atoms with Crippen LogP contribution in [0.5, 0.6) is 0 Å². The van der Waals surface area contributed by atoms with Crippen molar-refractivity contribution in [3.63, 3.8) is 0 Å². The highest BCUT2D eigenvalue weighted by Gasteiger charge is 2.36. The number of fused-ring (bicyclic) bond motifs is 1. The molecule has 28 heavy (non-hydrogen) atoms. The molecule has 0 spiro atoms. The van der Waals surface area contributed by atoms with Crippen molar-refractivity contribution >= 4 is 28.5 Å². The average molecular weight is 378 g/mol. The van der Waals surface area contributed by atoms with Gasteiger partial charge in [0, 0.05) is 32.9 Å². The predicted molar refractivity (Wildman–Crippen MR) is 107 cm³/mol. The zero-order valence-electron chi connectivity index (χ0n) is 15.9. The molecule has 0 saturated carbocycles. The van der Waals surface area contributed by atoms with Crippen LogP contribution in [-0.2, 0) is 30.2 Å². The van der Waals surface area contributed by atoms with Gasteiger partial charge in [0.2, 0.25) is 11.8 Å². The maximum atomic E-state index is 12.7. The van der Waals surface area contributed by atoms with Gasteiger partial charge >= 0.3 is 5.69 Å². The molecule has 1 fully saturated rings. The van der Waals surface area contributed by atoms with Gasteiger partial charge in [-0.05, 0) is 30.2 Å². The molecule has 1 N–H and O–H groups in total. The average Bonchev–Trinajstić information content (AvgIpc) is 3.16. The molecule has 1 aliphatic heterocycles. The molecule has 0 radical (unpaired) electrons. The molecule has 1 saturated heterocycles. The Balaban J connectivity index is 1.48. The number of carbonyl (C=O) groups is 2. The number of benzene rings is 2. The number of nitrogens with zero attached hydrogens (tertiary/aromatic N) is 3. The van der Waals surface area contributed by atoms with Gasteiger partial charge in [0.1, 0.15) is 5.92 Å². The van der Waals surface area contributed by atoms with Gasteiger partial charge < -0.3 is 10.2 Å². The van der Waals surface area contributed by atoms with Gasteiger partial charge in [-0.3, -0.25) is 18.7 Å². The van der Waals surface area contributed by atoms with E-state index in [0.29, 0.717) is 25.2 Å². The third-order valence-electron chi connectivity index (χ3n) is 5.37. The molecule has 2 amide bonds. The Hall–Kier alpha value is -3.35. The van der Waals surface area contributed by atoms with Gasteiger partial charge in [-0.15, -0.1) is 0 Å². The molecule has 2 aromatic carbocycles. The van der Waals surface area contributed by atoms with E-state index in [4.69, 9.17) is 0 Å².